The maximum absolute atomic E-state index is 6.16. The molecule has 0 saturated carbocycles. The lowest BCUT2D eigenvalue weighted by Crippen LogP contribution is -2.21. The van der Waals surface area contributed by atoms with E-state index in [1.807, 2.05) is 6.92 Å². The third-order valence-corrected chi connectivity index (χ3v) is 4.23. The van der Waals surface area contributed by atoms with Gasteiger partial charge in [0.25, 0.3) is 0 Å². The molecule has 2 rings (SSSR count). The zero-order chi connectivity index (χ0) is 14.0. The minimum absolute atomic E-state index is 0.446. The topological polar surface area (TPSA) is 37.8 Å². The van der Waals surface area contributed by atoms with Gasteiger partial charge in [0.05, 0.1) is 15.7 Å². The average molecular weight is 316 g/mol. The molecule has 0 fully saturated rings. The van der Waals surface area contributed by atoms with E-state index in [1.165, 1.54) is 4.88 Å². The molecule has 0 aromatic carbocycles. The molecule has 0 aliphatic heterocycles. The van der Waals surface area contributed by atoms with E-state index in [2.05, 4.69) is 29.1 Å². The standard InChI is InChI=1S/C13H15Cl2N3S/c1-7(2)16-6-11-8(3)18-13(19-11)12-10(15)4-9(14)5-17-12/h4-5,7,16H,6H2,1-3H3. The lowest BCUT2D eigenvalue weighted by Gasteiger charge is -2.05. The smallest absolute Gasteiger partial charge is 0.143 e. The molecule has 0 unspecified atom stereocenters. The number of halogens is 2. The summed E-state index contributed by atoms with van der Waals surface area (Å²) in [5.74, 6) is 0. The number of hydrogen-bond donors (Lipinski definition) is 1. The highest BCUT2D eigenvalue weighted by Gasteiger charge is 2.13. The molecule has 2 aromatic rings. The fraction of sp³-hybridized carbons (Fsp3) is 0.385. The highest BCUT2D eigenvalue weighted by molar-refractivity contribution is 7.15. The summed E-state index contributed by atoms with van der Waals surface area (Å²) < 4.78 is 0. The molecular formula is C13H15Cl2N3S. The molecule has 6 heteroatoms. The van der Waals surface area contributed by atoms with Gasteiger partial charge in [-0.2, -0.15) is 0 Å². The first kappa shape index (κ1) is 14.7. The van der Waals surface area contributed by atoms with E-state index in [9.17, 15) is 0 Å². The minimum Gasteiger partial charge on any atom is -0.310 e. The predicted molar refractivity (Wildman–Crippen MR) is 82.1 cm³/mol. The quantitative estimate of drug-likeness (QED) is 0.913. The van der Waals surface area contributed by atoms with Gasteiger partial charge in [-0.05, 0) is 13.0 Å². The Kier molecular flexibility index (Phi) is 4.79. The first-order chi connectivity index (χ1) is 8.97. The second-order valence-corrected chi connectivity index (χ2v) is 6.47. The molecule has 2 aromatic heterocycles. The number of hydrogen-bond acceptors (Lipinski definition) is 4. The Morgan fingerprint density at radius 2 is 2.11 bits per heavy atom. The van der Waals surface area contributed by atoms with Gasteiger partial charge in [-0.1, -0.05) is 37.0 Å². The van der Waals surface area contributed by atoms with Crippen LogP contribution in [0.4, 0.5) is 0 Å². The number of nitrogens with zero attached hydrogens (tertiary/aromatic N) is 2. The van der Waals surface area contributed by atoms with Gasteiger partial charge in [0.15, 0.2) is 0 Å². The van der Waals surface area contributed by atoms with Crippen molar-refractivity contribution < 1.29 is 0 Å². The van der Waals surface area contributed by atoms with Crippen LogP contribution in [0.25, 0.3) is 10.7 Å². The zero-order valence-corrected chi connectivity index (χ0v) is 13.3. The summed E-state index contributed by atoms with van der Waals surface area (Å²) in [4.78, 5) is 10.0. The highest BCUT2D eigenvalue weighted by atomic mass is 35.5. The van der Waals surface area contributed by atoms with Crippen LogP contribution in [0.3, 0.4) is 0 Å². The Morgan fingerprint density at radius 3 is 2.74 bits per heavy atom. The fourth-order valence-corrected chi connectivity index (χ4v) is 3.11. The van der Waals surface area contributed by atoms with Gasteiger partial charge in [0.1, 0.15) is 10.7 Å². The normalized spacial score (nSPS) is 11.3. The van der Waals surface area contributed by atoms with Crippen LogP contribution in [0.5, 0.6) is 0 Å². The van der Waals surface area contributed by atoms with E-state index in [-0.39, 0.29) is 0 Å². The molecule has 3 nitrogen and oxygen atoms in total. The molecular weight excluding hydrogens is 301 g/mol. The molecule has 0 bridgehead atoms. The molecule has 0 saturated heterocycles. The van der Waals surface area contributed by atoms with Gasteiger partial charge in [-0.15, -0.1) is 11.3 Å². The maximum Gasteiger partial charge on any atom is 0.143 e. The lowest BCUT2D eigenvalue weighted by atomic mass is 10.3. The minimum atomic E-state index is 0.446. The molecule has 0 atom stereocenters. The molecule has 0 spiro atoms. The lowest BCUT2D eigenvalue weighted by molar-refractivity contribution is 0.591. The van der Waals surface area contributed by atoms with Crippen LogP contribution in [-0.2, 0) is 6.54 Å². The summed E-state index contributed by atoms with van der Waals surface area (Å²) in [6.45, 7) is 7.05. The number of aryl methyl sites for hydroxylation is 1. The van der Waals surface area contributed by atoms with Crippen LogP contribution in [-0.4, -0.2) is 16.0 Å². The number of thiazole rings is 1. The zero-order valence-electron chi connectivity index (χ0n) is 11.0. The molecule has 102 valence electrons. The molecule has 1 N–H and O–H groups in total. The Bertz CT molecular complexity index is 581. The summed E-state index contributed by atoms with van der Waals surface area (Å²) in [5.41, 5.74) is 1.70. The van der Waals surface area contributed by atoms with Gasteiger partial charge in [-0.25, -0.2) is 4.98 Å². The monoisotopic (exact) mass is 315 g/mol. The van der Waals surface area contributed by atoms with Crippen molar-refractivity contribution in [1.29, 1.82) is 0 Å². The van der Waals surface area contributed by atoms with Crippen molar-refractivity contribution in [1.82, 2.24) is 15.3 Å². The van der Waals surface area contributed by atoms with Crippen LogP contribution < -0.4 is 5.32 Å². The molecule has 0 aliphatic rings. The molecule has 2 heterocycles. The van der Waals surface area contributed by atoms with Gasteiger partial charge in [-0.3, -0.25) is 4.98 Å². The van der Waals surface area contributed by atoms with E-state index in [1.54, 1.807) is 23.6 Å². The number of nitrogens with one attached hydrogen (secondary N) is 1. The Morgan fingerprint density at radius 1 is 1.37 bits per heavy atom. The third kappa shape index (κ3) is 3.66. The Hall–Kier alpha value is -0.680. The van der Waals surface area contributed by atoms with Gasteiger partial charge < -0.3 is 5.32 Å². The molecule has 0 radical (unpaired) electrons. The second-order valence-electron chi connectivity index (χ2n) is 4.55. The van der Waals surface area contributed by atoms with Crippen molar-refractivity contribution in [3.05, 3.63) is 32.9 Å². The highest BCUT2D eigenvalue weighted by Crippen LogP contribution is 2.32. The van der Waals surface area contributed by atoms with Crippen molar-refractivity contribution in [2.24, 2.45) is 0 Å². The SMILES string of the molecule is Cc1nc(-c2ncc(Cl)cc2Cl)sc1CNC(C)C. The number of rotatable bonds is 4. The largest absolute Gasteiger partial charge is 0.310 e. The van der Waals surface area contributed by atoms with E-state index in [0.717, 1.165) is 17.2 Å². The summed E-state index contributed by atoms with van der Waals surface area (Å²) in [7, 11) is 0. The van der Waals surface area contributed by atoms with Crippen LogP contribution in [0.15, 0.2) is 12.3 Å². The predicted octanol–water partition coefficient (Wildman–Crippen LogP) is 4.32. The molecule has 0 aliphatic carbocycles. The van der Waals surface area contributed by atoms with Gasteiger partial charge in [0.2, 0.25) is 0 Å². The molecule has 0 amide bonds. The van der Waals surface area contributed by atoms with Gasteiger partial charge in [0, 0.05) is 23.7 Å². The van der Waals surface area contributed by atoms with Crippen LogP contribution in [0.1, 0.15) is 24.4 Å². The van der Waals surface area contributed by atoms with E-state index in [4.69, 9.17) is 23.2 Å². The fourth-order valence-electron chi connectivity index (χ4n) is 1.56. The third-order valence-electron chi connectivity index (χ3n) is 2.57. The van der Waals surface area contributed by atoms with Gasteiger partial charge >= 0.3 is 0 Å². The van der Waals surface area contributed by atoms with Crippen molar-refractivity contribution in [2.45, 2.75) is 33.4 Å². The Balaban J connectivity index is 2.28. The van der Waals surface area contributed by atoms with E-state index in [0.29, 0.717) is 21.8 Å². The van der Waals surface area contributed by atoms with Crippen LogP contribution in [0.2, 0.25) is 10.0 Å². The first-order valence-electron chi connectivity index (χ1n) is 5.98. The number of pyridine rings is 1. The molecule has 19 heavy (non-hydrogen) atoms. The first-order valence-corrected chi connectivity index (χ1v) is 7.55. The second kappa shape index (κ2) is 6.18. The number of aromatic nitrogens is 2. The van der Waals surface area contributed by atoms with Crippen molar-refractivity contribution in [3.63, 3.8) is 0 Å². The maximum atomic E-state index is 6.16. The van der Waals surface area contributed by atoms with Crippen molar-refractivity contribution in [3.8, 4) is 10.7 Å². The van der Waals surface area contributed by atoms with Crippen LogP contribution in [0, 0.1) is 6.92 Å². The average Bonchev–Trinajstić information content (AvgIpc) is 2.67. The summed E-state index contributed by atoms with van der Waals surface area (Å²) in [6.07, 6.45) is 1.59. The summed E-state index contributed by atoms with van der Waals surface area (Å²) in [6, 6.07) is 2.14. The summed E-state index contributed by atoms with van der Waals surface area (Å²) >= 11 is 13.6. The Labute approximate surface area is 127 Å². The van der Waals surface area contributed by atoms with E-state index >= 15 is 0 Å². The van der Waals surface area contributed by atoms with Crippen molar-refractivity contribution in [2.75, 3.05) is 0 Å². The van der Waals surface area contributed by atoms with Crippen LogP contribution >= 0.6 is 34.5 Å². The van der Waals surface area contributed by atoms with E-state index < -0.39 is 0 Å². The van der Waals surface area contributed by atoms with Crippen molar-refractivity contribution >= 4 is 34.5 Å². The summed E-state index contributed by atoms with van der Waals surface area (Å²) in [5, 5.41) is 5.28.